The average Bonchev–Trinajstić information content (AvgIpc) is 2.89. The third kappa shape index (κ3) is 5.93. The van der Waals surface area contributed by atoms with Gasteiger partial charge in [0.2, 0.25) is 0 Å². The normalized spacial score (nSPS) is 11.5. The third-order valence-electron chi connectivity index (χ3n) is 5.80. The maximum atomic E-state index is 13.8. The van der Waals surface area contributed by atoms with Crippen molar-refractivity contribution in [3.63, 3.8) is 0 Å². The first-order chi connectivity index (χ1) is 17.4. The third-order valence-corrected chi connectivity index (χ3v) is 5.80. The molecular formula is C29H26FN3O3. The van der Waals surface area contributed by atoms with Gasteiger partial charge in [0.05, 0.1) is 5.56 Å². The number of nitrogens with one attached hydrogen (secondary N) is 2. The predicted octanol–water partition coefficient (Wildman–Crippen LogP) is 4.98. The highest BCUT2D eigenvalue weighted by atomic mass is 19.1. The number of carbonyl (C=O) groups is 2. The van der Waals surface area contributed by atoms with Crippen molar-refractivity contribution < 1.29 is 14.0 Å². The molecule has 2 N–H and O–H groups in total. The number of hydrogen-bond donors (Lipinski definition) is 2. The van der Waals surface area contributed by atoms with Crippen LogP contribution in [0.25, 0.3) is 5.69 Å². The summed E-state index contributed by atoms with van der Waals surface area (Å²) in [6.45, 7) is 1.91. The maximum Gasteiger partial charge on any atom is 0.267 e. The molecule has 182 valence electrons. The van der Waals surface area contributed by atoms with Gasteiger partial charge in [0.25, 0.3) is 17.4 Å². The lowest BCUT2D eigenvalue weighted by molar-refractivity contribution is 0.0935. The molecule has 0 spiro atoms. The first-order valence-corrected chi connectivity index (χ1v) is 11.6. The molecule has 0 saturated carbocycles. The molecule has 0 saturated heterocycles. The molecule has 1 atom stereocenters. The van der Waals surface area contributed by atoms with Crippen LogP contribution in [-0.4, -0.2) is 22.4 Å². The van der Waals surface area contributed by atoms with Crippen LogP contribution in [0.2, 0.25) is 0 Å². The van der Waals surface area contributed by atoms with E-state index in [0.717, 1.165) is 12.8 Å². The monoisotopic (exact) mass is 483 g/mol. The zero-order valence-corrected chi connectivity index (χ0v) is 19.8. The van der Waals surface area contributed by atoms with Gasteiger partial charge in [0, 0.05) is 23.6 Å². The quantitative estimate of drug-likeness (QED) is 0.371. The van der Waals surface area contributed by atoms with Gasteiger partial charge >= 0.3 is 0 Å². The zero-order chi connectivity index (χ0) is 25.5. The first kappa shape index (κ1) is 24.6. The molecule has 4 rings (SSSR count). The molecule has 0 radical (unpaired) electrons. The summed E-state index contributed by atoms with van der Waals surface area (Å²) in [7, 11) is 0. The molecule has 2 amide bonds. The van der Waals surface area contributed by atoms with E-state index in [0.29, 0.717) is 11.4 Å². The van der Waals surface area contributed by atoms with Crippen LogP contribution in [0.1, 0.15) is 39.6 Å². The largest absolute Gasteiger partial charge is 0.349 e. The van der Waals surface area contributed by atoms with Crippen LogP contribution in [0.5, 0.6) is 0 Å². The van der Waals surface area contributed by atoms with Crippen molar-refractivity contribution in [1.29, 1.82) is 0 Å². The van der Waals surface area contributed by atoms with Gasteiger partial charge in [-0.15, -0.1) is 0 Å². The Balaban J connectivity index is 1.43. The Morgan fingerprint density at radius 1 is 0.833 bits per heavy atom. The molecular weight excluding hydrogens is 457 g/mol. The van der Waals surface area contributed by atoms with Crippen LogP contribution in [0.4, 0.5) is 10.1 Å². The summed E-state index contributed by atoms with van der Waals surface area (Å²) in [5.41, 5.74) is 1.69. The molecule has 36 heavy (non-hydrogen) atoms. The molecule has 7 heteroatoms. The van der Waals surface area contributed by atoms with Crippen molar-refractivity contribution in [3.8, 4) is 5.69 Å². The Kier molecular flexibility index (Phi) is 7.70. The number of aromatic nitrogens is 1. The Bertz CT molecular complexity index is 1420. The smallest absolute Gasteiger partial charge is 0.267 e. The lowest BCUT2D eigenvalue weighted by atomic mass is 10.1. The van der Waals surface area contributed by atoms with Crippen molar-refractivity contribution in [2.45, 2.75) is 25.8 Å². The number of pyridine rings is 1. The Hall–Kier alpha value is -4.52. The van der Waals surface area contributed by atoms with Crippen molar-refractivity contribution in [2.24, 2.45) is 0 Å². The molecule has 0 bridgehead atoms. The second kappa shape index (κ2) is 11.3. The van der Waals surface area contributed by atoms with Gasteiger partial charge < -0.3 is 10.6 Å². The number of aryl methyl sites for hydroxylation is 1. The fourth-order valence-electron chi connectivity index (χ4n) is 3.82. The summed E-state index contributed by atoms with van der Waals surface area (Å²) >= 11 is 0. The van der Waals surface area contributed by atoms with E-state index in [1.807, 2.05) is 37.3 Å². The van der Waals surface area contributed by atoms with E-state index in [9.17, 15) is 18.8 Å². The minimum atomic E-state index is -0.609. The molecule has 3 aromatic carbocycles. The van der Waals surface area contributed by atoms with E-state index < -0.39 is 23.2 Å². The van der Waals surface area contributed by atoms with Gasteiger partial charge in [0.15, 0.2) is 0 Å². The second-order valence-corrected chi connectivity index (χ2v) is 8.48. The maximum absolute atomic E-state index is 13.8. The lowest BCUT2D eigenvalue weighted by Crippen LogP contribution is -2.37. The number of amides is 2. The minimum Gasteiger partial charge on any atom is -0.349 e. The summed E-state index contributed by atoms with van der Waals surface area (Å²) in [5.74, 6) is -1.61. The number of carbonyl (C=O) groups excluding carboxylic acids is 2. The lowest BCUT2D eigenvalue weighted by Gasteiger charge is -2.15. The van der Waals surface area contributed by atoms with Gasteiger partial charge in [-0.25, -0.2) is 4.39 Å². The molecule has 0 aliphatic rings. The second-order valence-electron chi connectivity index (χ2n) is 8.48. The summed E-state index contributed by atoms with van der Waals surface area (Å²) in [4.78, 5) is 38.2. The van der Waals surface area contributed by atoms with E-state index >= 15 is 0 Å². The zero-order valence-electron chi connectivity index (χ0n) is 19.8. The van der Waals surface area contributed by atoms with Gasteiger partial charge in [-0.05, 0) is 73.9 Å². The molecule has 1 heterocycles. The minimum absolute atomic E-state index is 0.0426. The van der Waals surface area contributed by atoms with Crippen LogP contribution in [0.15, 0.2) is 102 Å². The number of rotatable bonds is 8. The van der Waals surface area contributed by atoms with Crippen LogP contribution < -0.4 is 16.2 Å². The molecule has 1 aromatic heterocycles. The fourth-order valence-corrected chi connectivity index (χ4v) is 3.82. The fraction of sp³-hybridized carbons (Fsp3) is 0.138. The van der Waals surface area contributed by atoms with Crippen molar-refractivity contribution in [3.05, 3.63) is 130 Å². The van der Waals surface area contributed by atoms with Crippen molar-refractivity contribution in [1.82, 2.24) is 9.88 Å². The highest BCUT2D eigenvalue weighted by Gasteiger charge is 2.16. The standard InChI is InChI=1S/C29H26FN3O3/c1-20(13-14-21-8-3-2-4-9-21)31-28(35)25-11-7-19-33(29(25)36)23-17-15-22(16-18-23)32-27(34)24-10-5-6-12-26(24)30/h2-12,15-20H,13-14H2,1H3,(H,31,35)(H,32,34)/t20-/m1/s1. The van der Waals surface area contributed by atoms with Crippen LogP contribution >= 0.6 is 0 Å². The van der Waals surface area contributed by atoms with E-state index in [1.165, 1.54) is 34.4 Å². The van der Waals surface area contributed by atoms with E-state index in [1.54, 1.807) is 42.6 Å². The highest BCUT2D eigenvalue weighted by Crippen LogP contribution is 2.15. The topological polar surface area (TPSA) is 80.2 Å². The molecule has 6 nitrogen and oxygen atoms in total. The van der Waals surface area contributed by atoms with Gasteiger partial charge in [-0.3, -0.25) is 19.0 Å². The van der Waals surface area contributed by atoms with E-state index in [4.69, 9.17) is 0 Å². The molecule has 0 fully saturated rings. The molecule has 0 aliphatic carbocycles. The highest BCUT2D eigenvalue weighted by molar-refractivity contribution is 6.04. The number of benzene rings is 3. The molecule has 0 unspecified atom stereocenters. The van der Waals surface area contributed by atoms with Crippen molar-refractivity contribution >= 4 is 17.5 Å². The number of halogens is 1. The summed E-state index contributed by atoms with van der Waals surface area (Å²) in [6, 6.07) is 25.3. The van der Waals surface area contributed by atoms with Crippen molar-refractivity contribution in [2.75, 3.05) is 5.32 Å². The number of anilines is 1. The number of hydrogen-bond acceptors (Lipinski definition) is 3. The van der Waals surface area contributed by atoms with Gasteiger partial charge in [0.1, 0.15) is 11.4 Å². The Morgan fingerprint density at radius 3 is 2.22 bits per heavy atom. The Morgan fingerprint density at radius 2 is 1.50 bits per heavy atom. The van der Waals surface area contributed by atoms with E-state index in [-0.39, 0.29) is 17.2 Å². The van der Waals surface area contributed by atoms with Crippen LogP contribution in [0.3, 0.4) is 0 Å². The number of nitrogens with zero attached hydrogens (tertiary/aromatic N) is 1. The van der Waals surface area contributed by atoms with Crippen LogP contribution in [0, 0.1) is 5.82 Å². The summed E-state index contributed by atoms with van der Waals surface area (Å²) < 4.78 is 15.2. The SMILES string of the molecule is C[C@H](CCc1ccccc1)NC(=O)c1cccn(-c2ccc(NC(=O)c3ccccc3F)cc2)c1=O. The first-order valence-electron chi connectivity index (χ1n) is 11.6. The van der Waals surface area contributed by atoms with Crippen LogP contribution in [-0.2, 0) is 6.42 Å². The molecule has 4 aromatic rings. The van der Waals surface area contributed by atoms with Gasteiger partial charge in [-0.1, -0.05) is 42.5 Å². The predicted molar refractivity (Wildman–Crippen MR) is 138 cm³/mol. The summed E-state index contributed by atoms with van der Waals surface area (Å²) in [5, 5.41) is 5.54. The van der Waals surface area contributed by atoms with E-state index in [2.05, 4.69) is 10.6 Å². The Labute approximate surface area is 208 Å². The van der Waals surface area contributed by atoms with Gasteiger partial charge in [-0.2, -0.15) is 0 Å². The summed E-state index contributed by atoms with van der Waals surface area (Å²) in [6.07, 6.45) is 3.14. The average molecular weight is 484 g/mol. The molecule has 0 aliphatic heterocycles.